The number of nitrogens with one attached hydrogen (secondary N) is 1. The van der Waals surface area contributed by atoms with Gasteiger partial charge in [0.15, 0.2) is 5.78 Å². The van der Waals surface area contributed by atoms with E-state index < -0.39 is 0 Å². The fourth-order valence-electron chi connectivity index (χ4n) is 3.64. The van der Waals surface area contributed by atoms with Gasteiger partial charge in [-0.25, -0.2) is 0 Å². The molecule has 2 bridgehead atoms. The molecule has 1 atom stereocenters. The van der Waals surface area contributed by atoms with Crippen LogP contribution in [0.1, 0.15) is 63.4 Å². The zero-order valence-electron chi connectivity index (χ0n) is 18.1. The first-order chi connectivity index (χ1) is 13.4. The number of benzene rings is 1. The number of hydrogen-bond donors (Lipinski definition) is 1. The number of ether oxygens (including phenoxy) is 1. The number of fused-ring (bicyclic) bond motifs is 3. The van der Waals surface area contributed by atoms with E-state index in [-0.39, 0.29) is 24.3 Å². The summed E-state index contributed by atoms with van der Waals surface area (Å²) in [4.78, 5) is 26.4. The van der Waals surface area contributed by atoms with Crippen LogP contribution in [0.15, 0.2) is 12.1 Å². The van der Waals surface area contributed by atoms with Gasteiger partial charge in [0.05, 0.1) is 5.56 Å². The lowest BCUT2D eigenvalue weighted by atomic mass is 9.84. The Morgan fingerprint density at radius 2 is 1.79 bits per heavy atom. The van der Waals surface area contributed by atoms with E-state index >= 15 is 0 Å². The van der Waals surface area contributed by atoms with Crippen molar-refractivity contribution in [3.8, 4) is 5.75 Å². The lowest BCUT2D eigenvalue weighted by Gasteiger charge is -2.45. The SMILES string of the molecule is CC.CC.CC(=O)COc1c(C)cc(Cl)cc1C(=O)NC1CN2CCC1CC2. The molecule has 3 heterocycles. The Balaban J connectivity index is 0.000000921. The van der Waals surface area contributed by atoms with Crippen LogP contribution in [0, 0.1) is 12.8 Å². The molecular weight excluding hydrogens is 376 g/mol. The number of piperidine rings is 3. The number of carbonyl (C=O) groups is 2. The molecule has 0 radical (unpaired) electrons. The van der Waals surface area contributed by atoms with Crippen LogP contribution in [0.3, 0.4) is 0 Å². The molecule has 0 aromatic heterocycles. The van der Waals surface area contributed by atoms with Crippen LogP contribution >= 0.6 is 11.6 Å². The number of Topliss-reactive ketones (excluding diaryl/α,β-unsaturated/α-hetero) is 1. The Morgan fingerprint density at radius 3 is 2.29 bits per heavy atom. The topological polar surface area (TPSA) is 58.6 Å². The zero-order valence-corrected chi connectivity index (χ0v) is 18.9. The number of hydrogen-bond acceptors (Lipinski definition) is 4. The van der Waals surface area contributed by atoms with Gasteiger partial charge in [0, 0.05) is 17.6 Å². The molecule has 3 aliphatic heterocycles. The van der Waals surface area contributed by atoms with E-state index in [9.17, 15) is 9.59 Å². The van der Waals surface area contributed by atoms with Crippen LogP contribution in [0.2, 0.25) is 5.02 Å². The van der Waals surface area contributed by atoms with E-state index in [1.807, 2.05) is 34.6 Å². The first-order valence-electron chi connectivity index (χ1n) is 10.4. The Kier molecular flexibility index (Phi) is 10.5. The van der Waals surface area contributed by atoms with E-state index in [2.05, 4.69) is 10.2 Å². The lowest BCUT2D eigenvalue weighted by molar-refractivity contribution is -0.118. The standard InChI is InChI=1S/C18H23ClN2O3.2C2H6/c1-11-7-14(19)8-15(17(11)24-10-12(2)22)18(23)20-16-9-21-5-3-13(16)4-6-21;2*1-2/h7-8,13,16H,3-6,9-10H2,1-2H3,(H,20,23);2*1-2H3. The highest BCUT2D eigenvalue weighted by Crippen LogP contribution is 2.30. The second kappa shape index (κ2) is 12.1. The van der Waals surface area contributed by atoms with Gasteiger partial charge in [-0.2, -0.15) is 0 Å². The third-order valence-electron chi connectivity index (χ3n) is 4.88. The largest absolute Gasteiger partial charge is 0.485 e. The lowest BCUT2D eigenvalue weighted by Crippen LogP contribution is -2.57. The van der Waals surface area contributed by atoms with Crippen molar-refractivity contribution in [1.82, 2.24) is 10.2 Å². The summed E-state index contributed by atoms with van der Waals surface area (Å²) in [7, 11) is 0. The van der Waals surface area contributed by atoms with Crippen molar-refractivity contribution in [2.75, 3.05) is 26.2 Å². The molecule has 3 fully saturated rings. The summed E-state index contributed by atoms with van der Waals surface area (Å²) < 4.78 is 5.58. The Labute approximate surface area is 174 Å². The first-order valence-corrected chi connectivity index (χ1v) is 10.8. The minimum atomic E-state index is -0.182. The van der Waals surface area contributed by atoms with Crippen molar-refractivity contribution < 1.29 is 14.3 Å². The Bertz CT molecular complexity index is 655. The highest BCUT2D eigenvalue weighted by molar-refractivity contribution is 6.31. The van der Waals surface area contributed by atoms with Gasteiger partial charge in [0.1, 0.15) is 12.4 Å². The minimum absolute atomic E-state index is 0.0530. The molecule has 1 aromatic rings. The Hall–Kier alpha value is -1.59. The maximum Gasteiger partial charge on any atom is 0.255 e. The fraction of sp³-hybridized carbons (Fsp3) is 0.636. The molecule has 3 saturated heterocycles. The van der Waals surface area contributed by atoms with Gasteiger partial charge in [-0.15, -0.1) is 0 Å². The Morgan fingerprint density at radius 1 is 1.18 bits per heavy atom. The van der Waals surface area contributed by atoms with Crippen molar-refractivity contribution in [3.05, 3.63) is 28.3 Å². The molecule has 28 heavy (non-hydrogen) atoms. The maximum absolute atomic E-state index is 12.8. The van der Waals surface area contributed by atoms with E-state index in [0.29, 0.717) is 22.3 Å². The number of ketones is 1. The summed E-state index contributed by atoms with van der Waals surface area (Å²) in [6.07, 6.45) is 2.26. The number of nitrogens with zero attached hydrogens (tertiary/aromatic N) is 1. The molecule has 1 aromatic carbocycles. The average molecular weight is 411 g/mol. The van der Waals surface area contributed by atoms with E-state index in [4.69, 9.17) is 16.3 Å². The van der Waals surface area contributed by atoms with Crippen LogP contribution < -0.4 is 10.1 Å². The molecule has 1 amide bonds. The summed E-state index contributed by atoms with van der Waals surface area (Å²) in [6, 6.07) is 3.52. The van der Waals surface area contributed by atoms with Crippen molar-refractivity contribution in [1.29, 1.82) is 0 Å². The predicted octanol–water partition coefficient (Wildman–Crippen LogP) is 4.49. The van der Waals surface area contributed by atoms with Gasteiger partial charge in [-0.3, -0.25) is 9.59 Å². The van der Waals surface area contributed by atoms with E-state index in [1.165, 1.54) is 6.92 Å². The summed E-state index contributed by atoms with van der Waals surface area (Å²) in [5, 5.41) is 3.63. The molecular formula is C22H35ClN2O3. The van der Waals surface area contributed by atoms with Crippen LogP contribution in [0.25, 0.3) is 0 Å². The molecule has 6 heteroatoms. The molecule has 0 saturated carbocycles. The summed E-state index contributed by atoms with van der Waals surface area (Å²) >= 11 is 6.12. The van der Waals surface area contributed by atoms with E-state index in [0.717, 1.165) is 38.0 Å². The van der Waals surface area contributed by atoms with Gasteiger partial charge in [0.2, 0.25) is 0 Å². The van der Waals surface area contributed by atoms with Crippen molar-refractivity contribution in [2.24, 2.45) is 5.92 Å². The van der Waals surface area contributed by atoms with Crippen LogP contribution in [-0.4, -0.2) is 48.9 Å². The number of aryl methyl sites for hydroxylation is 1. The molecule has 0 aliphatic carbocycles. The number of carbonyl (C=O) groups excluding carboxylic acids is 2. The van der Waals surface area contributed by atoms with Crippen molar-refractivity contribution in [3.63, 3.8) is 0 Å². The van der Waals surface area contributed by atoms with Crippen LogP contribution in [0.5, 0.6) is 5.75 Å². The van der Waals surface area contributed by atoms with Crippen LogP contribution in [-0.2, 0) is 4.79 Å². The van der Waals surface area contributed by atoms with Crippen molar-refractivity contribution >= 4 is 23.3 Å². The number of rotatable bonds is 5. The quantitative estimate of drug-likeness (QED) is 0.776. The first kappa shape index (κ1) is 24.4. The molecule has 0 spiro atoms. The number of halogens is 1. The van der Waals surface area contributed by atoms with Gasteiger partial charge >= 0.3 is 0 Å². The van der Waals surface area contributed by atoms with Gasteiger partial charge in [-0.1, -0.05) is 39.3 Å². The molecule has 5 nitrogen and oxygen atoms in total. The number of amides is 1. The monoisotopic (exact) mass is 410 g/mol. The minimum Gasteiger partial charge on any atom is -0.485 e. The summed E-state index contributed by atoms with van der Waals surface area (Å²) in [5.74, 6) is 0.709. The van der Waals surface area contributed by atoms with E-state index in [1.54, 1.807) is 12.1 Å². The fourth-order valence-corrected chi connectivity index (χ4v) is 3.91. The third-order valence-corrected chi connectivity index (χ3v) is 5.09. The predicted molar refractivity (Wildman–Crippen MR) is 115 cm³/mol. The second-order valence-electron chi connectivity index (χ2n) is 6.81. The normalized spacial score (nSPS) is 22.2. The van der Waals surface area contributed by atoms with Gasteiger partial charge < -0.3 is 15.0 Å². The van der Waals surface area contributed by atoms with Crippen molar-refractivity contribution in [2.45, 2.75) is 60.4 Å². The van der Waals surface area contributed by atoms with Gasteiger partial charge in [0.25, 0.3) is 5.91 Å². The van der Waals surface area contributed by atoms with Crippen LogP contribution in [0.4, 0.5) is 0 Å². The molecule has 1 N–H and O–H groups in total. The summed E-state index contributed by atoms with van der Waals surface area (Å²) in [5.41, 5.74) is 1.15. The molecule has 3 aliphatic rings. The summed E-state index contributed by atoms with van der Waals surface area (Å²) in [6.45, 7) is 14.4. The molecule has 4 rings (SSSR count). The van der Waals surface area contributed by atoms with Gasteiger partial charge in [-0.05, 0) is 63.4 Å². The average Bonchev–Trinajstić information content (AvgIpc) is 2.70. The third kappa shape index (κ3) is 6.49. The highest BCUT2D eigenvalue weighted by Gasteiger charge is 2.35. The maximum atomic E-state index is 12.8. The molecule has 1 unspecified atom stereocenters. The second-order valence-corrected chi connectivity index (χ2v) is 7.24. The zero-order chi connectivity index (χ0) is 21.3. The smallest absolute Gasteiger partial charge is 0.255 e. The highest BCUT2D eigenvalue weighted by atomic mass is 35.5. The molecule has 158 valence electrons.